The average molecular weight is 216 g/mol. The molecule has 0 amide bonds. The number of aryl methyl sites for hydroxylation is 2. The molecule has 2 N–H and O–H groups in total. The number of aromatic amines is 1. The molecule has 0 atom stereocenters. The zero-order chi connectivity index (χ0) is 11.7. The summed E-state index contributed by atoms with van der Waals surface area (Å²) in [7, 11) is 0. The van der Waals surface area contributed by atoms with Gasteiger partial charge in [0.05, 0.1) is 0 Å². The molecule has 0 unspecified atom stereocenters. The Bertz CT molecular complexity index is 565. The summed E-state index contributed by atoms with van der Waals surface area (Å²) in [5.41, 5.74) is 2.14. The van der Waals surface area contributed by atoms with E-state index in [0.717, 1.165) is 16.7 Å². The molecule has 1 heterocycles. The first kappa shape index (κ1) is 10.4. The molecule has 4 heteroatoms. The molecule has 2 aromatic rings. The lowest BCUT2D eigenvalue weighted by Crippen LogP contribution is -2.06. The van der Waals surface area contributed by atoms with E-state index in [0.29, 0.717) is 5.82 Å². The summed E-state index contributed by atoms with van der Waals surface area (Å²) < 4.78 is 0. The fraction of sp³-hybridized carbons (Fsp3) is 0.167. The maximum absolute atomic E-state index is 11.2. The summed E-state index contributed by atoms with van der Waals surface area (Å²) in [4.78, 5) is 17.9. The number of nitrogens with one attached hydrogen (secondary N) is 1. The van der Waals surface area contributed by atoms with Crippen LogP contribution >= 0.6 is 0 Å². The van der Waals surface area contributed by atoms with Crippen molar-refractivity contribution in [1.82, 2.24) is 9.97 Å². The van der Waals surface area contributed by atoms with E-state index in [4.69, 9.17) is 0 Å². The summed E-state index contributed by atoms with van der Waals surface area (Å²) in [5, 5.41) is 9.64. The first-order chi connectivity index (χ1) is 7.58. The average Bonchev–Trinajstić information content (AvgIpc) is 2.25. The molecule has 0 radical (unpaired) electrons. The van der Waals surface area contributed by atoms with Gasteiger partial charge in [0.1, 0.15) is 11.6 Å². The molecule has 2 rings (SSSR count). The molecule has 0 aliphatic carbocycles. The Morgan fingerprint density at radius 1 is 1.25 bits per heavy atom. The predicted molar refractivity (Wildman–Crippen MR) is 61.4 cm³/mol. The van der Waals surface area contributed by atoms with E-state index >= 15 is 0 Å². The molecule has 0 spiro atoms. The first-order valence-corrected chi connectivity index (χ1v) is 4.94. The largest absolute Gasteiger partial charge is 0.507 e. The Balaban J connectivity index is 2.61. The van der Waals surface area contributed by atoms with E-state index in [-0.39, 0.29) is 11.3 Å². The summed E-state index contributed by atoms with van der Waals surface area (Å²) in [6.07, 6.45) is 1.46. The Hall–Kier alpha value is -2.10. The number of rotatable bonds is 1. The van der Waals surface area contributed by atoms with Gasteiger partial charge in [0.15, 0.2) is 0 Å². The molecule has 0 saturated carbocycles. The Labute approximate surface area is 92.6 Å². The minimum atomic E-state index is -0.187. The van der Waals surface area contributed by atoms with Crippen LogP contribution in [0.3, 0.4) is 0 Å². The van der Waals surface area contributed by atoms with Crippen LogP contribution in [0.25, 0.3) is 11.4 Å². The van der Waals surface area contributed by atoms with Crippen LogP contribution in [0.15, 0.2) is 29.2 Å². The molecule has 0 saturated heterocycles. The van der Waals surface area contributed by atoms with E-state index < -0.39 is 0 Å². The van der Waals surface area contributed by atoms with Crippen LogP contribution in [0.5, 0.6) is 5.75 Å². The second kappa shape index (κ2) is 3.81. The summed E-state index contributed by atoms with van der Waals surface area (Å²) in [6, 6.07) is 4.95. The summed E-state index contributed by atoms with van der Waals surface area (Å²) in [5.74, 6) is 0.792. The van der Waals surface area contributed by atoms with E-state index in [1.54, 1.807) is 12.1 Å². The molecule has 0 fully saturated rings. The molecule has 4 nitrogen and oxygen atoms in total. The van der Waals surface area contributed by atoms with Crippen molar-refractivity contribution in [3.8, 4) is 17.1 Å². The standard InChI is InChI=1S/C12H12N2O2/c1-7-5-9(6-8(2)11(7)16)12-13-4-3-10(15)14-12/h3-6,16H,1-2H3,(H,13,14,15). The minimum Gasteiger partial charge on any atom is -0.507 e. The lowest BCUT2D eigenvalue weighted by Gasteiger charge is -2.06. The number of phenols is 1. The second-order valence-corrected chi connectivity index (χ2v) is 3.74. The number of aromatic nitrogens is 2. The second-order valence-electron chi connectivity index (χ2n) is 3.74. The molecule has 82 valence electrons. The van der Waals surface area contributed by atoms with Gasteiger partial charge in [-0.2, -0.15) is 0 Å². The lowest BCUT2D eigenvalue weighted by atomic mass is 10.1. The molecular formula is C12H12N2O2. The van der Waals surface area contributed by atoms with Crippen molar-refractivity contribution in [2.45, 2.75) is 13.8 Å². The molecule has 16 heavy (non-hydrogen) atoms. The smallest absolute Gasteiger partial charge is 0.251 e. The topological polar surface area (TPSA) is 66.0 Å². The third kappa shape index (κ3) is 1.82. The Morgan fingerprint density at radius 3 is 2.44 bits per heavy atom. The fourth-order valence-electron chi connectivity index (χ4n) is 1.61. The van der Waals surface area contributed by atoms with E-state index in [1.807, 2.05) is 13.8 Å². The van der Waals surface area contributed by atoms with Crippen LogP contribution in [0, 0.1) is 13.8 Å². The number of benzene rings is 1. The van der Waals surface area contributed by atoms with Crippen LogP contribution in [0.2, 0.25) is 0 Å². The third-order valence-corrected chi connectivity index (χ3v) is 2.44. The van der Waals surface area contributed by atoms with Crippen LogP contribution < -0.4 is 5.56 Å². The minimum absolute atomic E-state index is 0.187. The van der Waals surface area contributed by atoms with Crippen molar-refractivity contribution in [1.29, 1.82) is 0 Å². The van der Waals surface area contributed by atoms with Crippen LogP contribution in [0.1, 0.15) is 11.1 Å². The zero-order valence-corrected chi connectivity index (χ0v) is 9.11. The molecule has 0 bridgehead atoms. The molecule has 1 aromatic carbocycles. The van der Waals surface area contributed by atoms with Crippen molar-refractivity contribution in [2.24, 2.45) is 0 Å². The zero-order valence-electron chi connectivity index (χ0n) is 9.11. The summed E-state index contributed by atoms with van der Waals surface area (Å²) >= 11 is 0. The molecule has 0 aliphatic heterocycles. The number of phenolic OH excluding ortho intramolecular Hbond substituents is 1. The highest BCUT2D eigenvalue weighted by molar-refractivity contribution is 5.60. The molecule has 1 aromatic heterocycles. The van der Waals surface area contributed by atoms with Crippen LogP contribution in [-0.2, 0) is 0 Å². The van der Waals surface area contributed by atoms with Crippen molar-refractivity contribution >= 4 is 0 Å². The molecule has 0 aliphatic rings. The summed E-state index contributed by atoms with van der Waals surface area (Å²) in [6.45, 7) is 3.62. The third-order valence-electron chi connectivity index (χ3n) is 2.44. The van der Waals surface area contributed by atoms with Crippen molar-refractivity contribution in [2.75, 3.05) is 0 Å². The highest BCUT2D eigenvalue weighted by Gasteiger charge is 2.06. The first-order valence-electron chi connectivity index (χ1n) is 4.94. The normalized spacial score (nSPS) is 10.4. The van der Waals surface area contributed by atoms with Gasteiger partial charge in [-0.05, 0) is 37.1 Å². The monoisotopic (exact) mass is 216 g/mol. The quantitative estimate of drug-likeness (QED) is 0.763. The Kier molecular flexibility index (Phi) is 2.48. The number of aromatic hydroxyl groups is 1. The van der Waals surface area contributed by atoms with Gasteiger partial charge < -0.3 is 10.1 Å². The van der Waals surface area contributed by atoms with Crippen molar-refractivity contribution in [3.05, 3.63) is 45.9 Å². The van der Waals surface area contributed by atoms with Crippen LogP contribution in [-0.4, -0.2) is 15.1 Å². The molecular weight excluding hydrogens is 204 g/mol. The van der Waals surface area contributed by atoms with Gasteiger partial charge in [-0.3, -0.25) is 4.79 Å². The lowest BCUT2D eigenvalue weighted by molar-refractivity contribution is 0.467. The van der Waals surface area contributed by atoms with Crippen molar-refractivity contribution in [3.63, 3.8) is 0 Å². The number of hydrogen-bond donors (Lipinski definition) is 2. The number of H-pyrrole nitrogens is 1. The van der Waals surface area contributed by atoms with Gasteiger partial charge in [-0.1, -0.05) is 0 Å². The Morgan fingerprint density at radius 2 is 1.88 bits per heavy atom. The maximum Gasteiger partial charge on any atom is 0.251 e. The highest BCUT2D eigenvalue weighted by Crippen LogP contribution is 2.26. The van der Waals surface area contributed by atoms with Gasteiger partial charge in [0.25, 0.3) is 5.56 Å². The van der Waals surface area contributed by atoms with E-state index in [9.17, 15) is 9.90 Å². The van der Waals surface area contributed by atoms with Gasteiger partial charge in [-0.15, -0.1) is 0 Å². The van der Waals surface area contributed by atoms with Crippen LogP contribution in [0.4, 0.5) is 0 Å². The van der Waals surface area contributed by atoms with E-state index in [2.05, 4.69) is 9.97 Å². The number of hydrogen-bond acceptors (Lipinski definition) is 3. The maximum atomic E-state index is 11.2. The van der Waals surface area contributed by atoms with Crippen molar-refractivity contribution < 1.29 is 5.11 Å². The SMILES string of the molecule is Cc1cc(-c2nccc(=O)[nH]2)cc(C)c1O. The van der Waals surface area contributed by atoms with E-state index in [1.165, 1.54) is 12.3 Å². The van der Waals surface area contributed by atoms with Gasteiger partial charge >= 0.3 is 0 Å². The fourth-order valence-corrected chi connectivity index (χ4v) is 1.61. The number of nitrogens with zero attached hydrogens (tertiary/aromatic N) is 1. The highest BCUT2D eigenvalue weighted by atomic mass is 16.3. The predicted octanol–water partition coefficient (Wildman–Crippen LogP) is 1.76. The van der Waals surface area contributed by atoms with Gasteiger partial charge in [0, 0.05) is 17.8 Å². The van der Waals surface area contributed by atoms with Gasteiger partial charge in [0.2, 0.25) is 0 Å². The van der Waals surface area contributed by atoms with Gasteiger partial charge in [-0.25, -0.2) is 4.98 Å².